The lowest BCUT2D eigenvalue weighted by atomic mass is 10.1. The number of phenolic OH excluding ortho intramolecular Hbond substituents is 1. The minimum absolute atomic E-state index is 0.000979. The summed E-state index contributed by atoms with van der Waals surface area (Å²) in [4.78, 5) is 16.6. The average molecular weight is 389 g/mol. The van der Waals surface area contributed by atoms with Gasteiger partial charge in [-0.2, -0.15) is 5.10 Å². The molecule has 0 aliphatic carbocycles. The van der Waals surface area contributed by atoms with Crippen molar-refractivity contribution in [3.05, 3.63) is 59.0 Å². The third-order valence-corrected chi connectivity index (χ3v) is 4.80. The zero-order chi connectivity index (χ0) is 18.3. The minimum Gasteiger partial charge on any atom is -0.507 e. The summed E-state index contributed by atoms with van der Waals surface area (Å²) in [5, 5.41) is 20.0. The van der Waals surface area contributed by atoms with Crippen molar-refractivity contribution >= 4 is 44.2 Å². The molecule has 0 radical (unpaired) electrons. The van der Waals surface area contributed by atoms with Crippen LogP contribution in [0.15, 0.2) is 42.5 Å². The van der Waals surface area contributed by atoms with E-state index in [0.29, 0.717) is 31.6 Å². The lowest BCUT2D eigenvalue weighted by Crippen LogP contribution is -2.11. The van der Waals surface area contributed by atoms with Gasteiger partial charge in [-0.15, -0.1) is 0 Å². The van der Waals surface area contributed by atoms with Gasteiger partial charge in [-0.3, -0.25) is 15.2 Å². The molecule has 2 aromatic heterocycles. The van der Waals surface area contributed by atoms with Gasteiger partial charge in [0.1, 0.15) is 17.3 Å². The first-order valence-electron chi connectivity index (χ1n) is 7.41. The molecule has 0 bridgehead atoms. The Kier molecular flexibility index (Phi) is 4.06. The maximum absolute atomic E-state index is 13.2. The van der Waals surface area contributed by atoms with Gasteiger partial charge < -0.3 is 5.11 Å². The lowest BCUT2D eigenvalue weighted by Gasteiger charge is -2.00. The first-order valence-corrected chi connectivity index (χ1v) is 8.61. The number of nitrogens with zero attached hydrogens (tertiary/aromatic N) is 2. The number of H-pyrrole nitrogens is 1. The topological polar surface area (TPSA) is 90.9 Å². The van der Waals surface area contributed by atoms with Crippen LogP contribution < -0.4 is 5.32 Å². The highest BCUT2D eigenvalue weighted by atomic mass is 35.5. The molecule has 0 unspecified atom stereocenters. The van der Waals surface area contributed by atoms with Crippen molar-refractivity contribution in [1.82, 2.24) is 15.2 Å². The number of thiazole rings is 1. The molecular weight excluding hydrogens is 379 g/mol. The van der Waals surface area contributed by atoms with E-state index in [-0.39, 0.29) is 17.3 Å². The van der Waals surface area contributed by atoms with E-state index in [1.54, 1.807) is 18.2 Å². The van der Waals surface area contributed by atoms with Crippen molar-refractivity contribution in [3.8, 4) is 17.0 Å². The fourth-order valence-corrected chi connectivity index (χ4v) is 3.46. The molecule has 0 fully saturated rings. The van der Waals surface area contributed by atoms with Crippen molar-refractivity contribution in [2.45, 2.75) is 0 Å². The number of carbonyl (C=O) groups excluding carboxylic acids is 1. The zero-order valence-electron chi connectivity index (χ0n) is 13.0. The second-order valence-electron chi connectivity index (χ2n) is 5.41. The SMILES string of the molecule is O=C(Nc1nc2ccc(F)cc2s1)c1cc(-c2cc(Cl)ccc2O)n[nH]1. The van der Waals surface area contributed by atoms with Crippen LogP contribution in [0.25, 0.3) is 21.5 Å². The number of amides is 1. The number of rotatable bonds is 3. The Morgan fingerprint density at radius 1 is 1.23 bits per heavy atom. The van der Waals surface area contributed by atoms with Gasteiger partial charge in [0.2, 0.25) is 0 Å². The van der Waals surface area contributed by atoms with Crippen LogP contribution in [-0.4, -0.2) is 26.2 Å². The van der Waals surface area contributed by atoms with Crippen molar-refractivity contribution in [1.29, 1.82) is 0 Å². The summed E-state index contributed by atoms with van der Waals surface area (Å²) in [5.41, 5.74) is 1.57. The zero-order valence-corrected chi connectivity index (χ0v) is 14.5. The molecule has 4 aromatic rings. The molecule has 2 aromatic carbocycles. The molecule has 130 valence electrons. The Hall–Kier alpha value is -2.97. The fraction of sp³-hybridized carbons (Fsp3) is 0. The van der Waals surface area contributed by atoms with Gasteiger partial charge in [-0.25, -0.2) is 9.37 Å². The second-order valence-corrected chi connectivity index (χ2v) is 6.88. The number of phenols is 1. The fourth-order valence-electron chi connectivity index (χ4n) is 2.41. The highest BCUT2D eigenvalue weighted by Gasteiger charge is 2.15. The maximum atomic E-state index is 13.2. The number of aromatic hydroxyl groups is 1. The summed E-state index contributed by atoms with van der Waals surface area (Å²) >= 11 is 7.10. The number of hydrogen-bond acceptors (Lipinski definition) is 5. The third-order valence-electron chi connectivity index (χ3n) is 3.63. The first-order chi connectivity index (χ1) is 12.5. The van der Waals surface area contributed by atoms with E-state index in [2.05, 4.69) is 20.5 Å². The molecule has 26 heavy (non-hydrogen) atoms. The van der Waals surface area contributed by atoms with E-state index in [4.69, 9.17) is 11.6 Å². The number of carbonyl (C=O) groups is 1. The van der Waals surface area contributed by atoms with Crippen LogP contribution in [0.5, 0.6) is 5.75 Å². The van der Waals surface area contributed by atoms with Gasteiger partial charge in [0.25, 0.3) is 5.91 Å². The van der Waals surface area contributed by atoms with Crippen molar-refractivity contribution in [3.63, 3.8) is 0 Å². The summed E-state index contributed by atoms with van der Waals surface area (Å²) in [6.07, 6.45) is 0. The van der Waals surface area contributed by atoms with Gasteiger partial charge in [0.15, 0.2) is 5.13 Å². The van der Waals surface area contributed by atoms with E-state index in [0.717, 1.165) is 0 Å². The summed E-state index contributed by atoms with van der Waals surface area (Å²) in [7, 11) is 0. The van der Waals surface area contributed by atoms with E-state index in [1.165, 1.54) is 35.6 Å². The summed E-state index contributed by atoms with van der Waals surface area (Å²) in [6, 6.07) is 10.3. The molecule has 0 aliphatic rings. The number of nitrogens with one attached hydrogen (secondary N) is 2. The van der Waals surface area contributed by atoms with Crippen molar-refractivity contribution in [2.75, 3.05) is 5.32 Å². The predicted molar refractivity (Wildman–Crippen MR) is 98.2 cm³/mol. The van der Waals surface area contributed by atoms with Gasteiger partial charge >= 0.3 is 0 Å². The smallest absolute Gasteiger partial charge is 0.275 e. The van der Waals surface area contributed by atoms with Gasteiger partial charge in [-0.05, 0) is 42.5 Å². The van der Waals surface area contributed by atoms with Gasteiger partial charge in [0, 0.05) is 10.6 Å². The largest absolute Gasteiger partial charge is 0.507 e. The number of benzene rings is 2. The standard InChI is InChI=1S/C17H10ClFN4O2S/c18-8-1-4-14(24)10(5-8)12-7-13(23-22-12)16(25)21-17-20-11-3-2-9(19)6-15(11)26-17/h1-7,24H,(H,22,23)(H,20,21,25). The molecule has 4 rings (SSSR count). The Labute approximate surface area is 155 Å². The quantitative estimate of drug-likeness (QED) is 0.484. The van der Waals surface area contributed by atoms with Crippen LogP contribution in [0, 0.1) is 5.82 Å². The average Bonchev–Trinajstić information content (AvgIpc) is 3.23. The summed E-state index contributed by atoms with van der Waals surface area (Å²) < 4.78 is 13.9. The molecule has 6 nitrogen and oxygen atoms in total. The van der Waals surface area contributed by atoms with E-state index in [9.17, 15) is 14.3 Å². The lowest BCUT2D eigenvalue weighted by molar-refractivity contribution is 0.102. The normalized spacial score (nSPS) is 11.0. The molecule has 0 aliphatic heterocycles. The molecule has 0 atom stereocenters. The molecule has 3 N–H and O–H groups in total. The summed E-state index contributed by atoms with van der Waals surface area (Å²) in [5.74, 6) is -0.815. The Balaban J connectivity index is 1.58. The summed E-state index contributed by atoms with van der Waals surface area (Å²) in [6.45, 7) is 0. The predicted octanol–water partition coefficient (Wildman–Crippen LogP) is 4.44. The minimum atomic E-state index is -0.454. The number of aromatic nitrogens is 3. The second kappa shape index (κ2) is 6.40. The molecule has 0 saturated heterocycles. The molecule has 0 spiro atoms. The molecular formula is C17H10ClFN4O2S. The van der Waals surface area contributed by atoms with Crippen LogP contribution >= 0.6 is 22.9 Å². The number of aromatic amines is 1. The Morgan fingerprint density at radius 2 is 2.08 bits per heavy atom. The van der Waals surface area contributed by atoms with Crippen LogP contribution in [-0.2, 0) is 0 Å². The first kappa shape index (κ1) is 16.5. The van der Waals surface area contributed by atoms with Crippen LogP contribution in [0.2, 0.25) is 5.02 Å². The van der Waals surface area contributed by atoms with Gasteiger partial charge in [0.05, 0.1) is 15.9 Å². The van der Waals surface area contributed by atoms with Crippen LogP contribution in [0.3, 0.4) is 0 Å². The molecule has 9 heteroatoms. The van der Waals surface area contributed by atoms with Crippen LogP contribution in [0.4, 0.5) is 9.52 Å². The maximum Gasteiger partial charge on any atom is 0.275 e. The highest BCUT2D eigenvalue weighted by molar-refractivity contribution is 7.22. The molecule has 0 saturated carbocycles. The van der Waals surface area contributed by atoms with Crippen LogP contribution in [0.1, 0.15) is 10.5 Å². The van der Waals surface area contributed by atoms with E-state index >= 15 is 0 Å². The third kappa shape index (κ3) is 3.12. The molecule has 2 heterocycles. The number of fused-ring (bicyclic) bond motifs is 1. The number of hydrogen-bond donors (Lipinski definition) is 3. The van der Waals surface area contributed by atoms with Crippen molar-refractivity contribution in [2.24, 2.45) is 0 Å². The monoisotopic (exact) mass is 388 g/mol. The highest BCUT2D eigenvalue weighted by Crippen LogP contribution is 2.31. The number of halogens is 2. The Bertz CT molecular complexity index is 1140. The number of anilines is 1. The van der Waals surface area contributed by atoms with E-state index in [1.807, 2.05) is 0 Å². The van der Waals surface area contributed by atoms with Gasteiger partial charge in [-0.1, -0.05) is 22.9 Å². The Morgan fingerprint density at radius 3 is 2.92 bits per heavy atom. The molecule has 1 amide bonds. The van der Waals surface area contributed by atoms with E-state index < -0.39 is 5.91 Å². The van der Waals surface area contributed by atoms with Crippen molar-refractivity contribution < 1.29 is 14.3 Å².